The van der Waals surface area contributed by atoms with Crippen LogP contribution in [0.2, 0.25) is 0 Å². The van der Waals surface area contributed by atoms with Crippen molar-refractivity contribution in [2.45, 2.75) is 45.3 Å². The van der Waals surface area contributed by atoms with Crippen LogP contribution in [0.25, 0.3) is 0 Å². The Balaban J connectivity index is 1.94. The van der Waals surface area contributed by atoms with Crippen LogP contribution in [0.4, 0.5) is 0 Å². The second-order valence-corrected chi connectivity index (χ2v) is 5.54. The second-order valence-electron chi connectivity index (χ2n) is 5.54. The van der Waals surface area contributed by atoms with Crippen molar-refractivity contribution in [1.29, 1.82) is 0 Å². The summed E-state index contributed by atoms with van der Waals surface area (Å²) >= 11 is 0. The zero-order chi connectivity index (χ0) is 15.9. The molecule has 1 saturated heterocycles. The lowest BCUT2D eigenvalue weighted by atomic mass is 10.2. The lowest BCUT2D eigenvalue weighted by molar-refractivity contribution is 0.0853. The van der Waals surface area contributed by atoms with Crippen LogP contribution in [0.15, 0.2) is 18.2 Å². The van der Waals surface area contributed by atoms with Crippen LogP contribution in [0.5, 0.6) is 0 Å². The molecule has 1 aromatic rings. The van der Waals surface area contributed by atoms with Gasteiger partial charge in [-0.25, -0.2) is 4.98 Å². The van der Waals surface area contributed by atoms with Gasteiger partial charge in [0.15, 0.2) is 0 Å². The summed E-state index contributed by atoms with van der Waals surface area (Å²) in [5, 5.41) is 5.64. The van der Waals surface area contributed by atoms with Crippen LogP contribution in [-0.4, -0.2) is 42.1 Å². The fraction of sp³-hybridized carbons (Fsp3) is 0.562. The van der Waals surface area contributed by atoms with E-state index in [1.165, 1.54) is 0 Å². The smallest absolute Gasteiger partial charge is 0.270 e. The van der Waals surface area contributed by atoms with E-state index < -0.39 is 0 Å². The quantitative estimate of drug-likeness (QED) is 0.835. The zero-order valence-electron chi connectivity index (χ0n) is 13.1. The standard InChI is InChI=1S/C16H23N3O3/c1-3-11(2)18-16(21)14-8-4-7-13(19-14)15(20)17-10-12-6-5-9-22-12/h4,7-8,11-12H,3,5-6,9-10H2,1-2H3,(H,17,20)(H,18,21). The number of carbonyl (C=O) groups is 2. The Hall–Kier alpha value is -1.95. The van der Waals surface area contributed by atoms with Crippen molar-refractivity contribution >= 4 is 11.8 Å². The molecular weight excluding hydrogens is 282 g/mol. The first-order chi connectivity index (χ1) is 10.6. The van der Waals surface area contributed by atoms with E-state index in [0.29, 0.717) is 6.54 Å². The summed E-state index contributed by atoms with van der Waals surface area (Å²) < 4.78 is 5.46. The van der Waals surface area contributed by atoms with Gasteiger partial charge in [-0.3, -0.25) is 9.59 Å². The highest BCUT2D eigenvalue weighted by Crippen LogP contribution is 2.10. The first-order valence-electron chi connectivity index (χ1n) is 7.78. The van der Waals surface area contributed by atoms with Crippen LogP contribution in [0, 0.1) is 0 Å². The van der Waals surface area contributed by atoms with Gasteiger partial charge in [0.05, 0.1) is 6.10 Å². The molecule has 1 aliphatic heterocycles. The summed E-state index contributed by atoms with van der Waals surface area (Å²) in [6, 6.07) is 4.95. The third-order valence-electron chi connectivity index (χ3n) is 3.72. The minimum atomic E-state index is -0.284. The molecule has 1 aliphatic rings. The van der Waals surface area contributed by atoms with Crippen LogP contribution in [0.1, 0.15) is 54.1 Å². The first kappa shape index (κ1) is 16.4. The molecule has 6 nitrogen and oxygen atoms in total. The van der Waals surface area contributed by atoms with Gasteiger partial charge in [-0.2, -0.15) is 0 Å². The van der Waals surface area contributed by atoms with E-state index in [1.54, 1.807) is 18.2 Å². The fourth-order valence-corrected chi connectivity index (χ4v) is 2.19. The van der Waals surface area contributed by atoms with Gasteiger partial charge < -0.3 is 15.4 Å². The van der Waals surface area contributed by atoms with Crippen molar-refractivity contribution in [3.8, 4) is 0 Å². The Labute approximate surface area is 130 Å². The fourth-order valence-electron chi connectivity index (χ4n) is 2.19. The molecule has 6 heteroatoms. The molecule has 1 aromatic heterocycles. The van der Waals surface area contributed by atoms with Gasteiger partial charge in [0.1, 0.15) is 11.4 Å². The van der Waals surface area contributed by atoms with Crippen molar-refractivity contribution in [2.24, 2.45) is 0 Å². The number of hydrogen-bond acceptors (Lipinski definition) is 4. The molecule has 0 spiro atoms. The number of pyridine rings is 1. The third-order valence-corrected chi connectivity index (χ3v) is 3.72. The van der Waals surface area contributed by atoms with Crippen LogP contribution < -0.4 is 10.6 Å². The molecule has 2 unspecified atom stereocenters. The van der Waals surface area contributed by atoms with Gasteiger partial charge in [0.25, 0.3) is 11.8 Å². The maximum Gasteiger partial charge on any atom is 0.270 e. The molecule has 22 heavy (non-hydrogen) atoms. The number of nitrogens with zero attached hydrogens (tertiary/aromatic N) is 1. The maximum absolute atomic E-state index is 12.1. The monoisotopic (exact) mass is 305 g/mol. The molecular formula is C16H23N3O3. The predicted octanol–water partition coefficient (Wildman–Crippen LogP) is 1.52. The van der Waals surface area contributed by atoms with Gasteiger partial charge in [0, 0.05) is 19.2 Å². The predicted molar refractivity (Wildman–Crippen MR) is 82.8 cm³/mol. The van der Waals surface area contributed by atoms with Crippen molar-refractivity contribution in [3.05, 3.63) is 29.6 Å². The molecule has 1 fully saturated rings. The molecule has 0 aliphatic carbocycles. The summed E-state index contributed by atoms with van der Waals surface area (Å²) in [7, 11) is 0. The second kappa shape index (κ2) is 7.89. The molecule has 0 bridgehead atoms. The van der Waals surface area contributed by atoms with Crippen LogP contribution in [-0.2, 0) is 4.74 Å². The molecule has 2 N–H and O–H groups in total. The maximum atomic E-state index is 12.1. The SMILES string of the molecule is CCC(C)NC(=O)c1cccc(C(=O)NCC2CCCO2)n1. The Morgan fingerprint density at radius 2 is 2.09 bits per heavy atom. The van der Waals surface area contributed by atoms with E-state index >= 15 is 0 Å². The highest BCUT2D eigenvalue weighted by molar-refractivity contribution is 5.96. The molecule has 0 saturated carbocycles. The number of aromatic nitrogens is 1. The van der Waals surface area contributed by atoms with Gasteiger partial charge >= 0.3 is 0 Å². The summed E-state index contributed by atoms with van der Waals surface area (Å²) in [5.74, 6) is -0.545. The Morgan fingerprint density at radius 1 is 1.36 bits per heavy atom. The molecule has 2 rings (SSSR count). The highest BCUT2D eigenvalue weighted by Gasteiger charge is 2.18. The molecule has 0 aromatic carbocycles. The molecule has 120 valence electrons. The molecule has 0 radical (unpaired) electrons. The van der Waals surface area contributed by atoms with E-state index in [1.807, 2.05) is 13.8 Å². The normalized spacial score (nSPS) is 18.7. The summed E-state index contributed by atoms with van der Waals surface area (Å²) in [4.78, 5) is 28.3. The van der Waals surface area contributed by atoms with E-state index in [-0.39, 0.29) is 35.3 Å². The lowest BCUT2D eigenvalue weighted by Crippen LogP contribution is -2.34. The number of nitrogens with one attached hydrogen (secondary N) is 2. The lowest BCUT2D eigenvalue weighted by Gasteiger charge is -2.12. The van der Waals surface area contributed by atoms with Crippen molar-refractivity contribution in [1.82, 2.24) is 15.6 Å². The largest absolute Gasteiger partial charge is 0.376 e. The zero-order valence-corrected chi connectivity index (χ0v) is 13.1. The Bertz CT molecular complexity index is 527. The number of rotatable bonds is 6. The molecule has 2 heterocycles. The first-order valence-corrected chi connectivity index (χ1v) is 7.78. The minimum absolute atomic E-state index is 0.0753. The average molecular weight is 305 g/mol. The molecule has 2 atom stereocenters. The van der Waals surface area contributed by atoms with Gasteiger partial charge in [0.2, 0.25) is 0 Å². The number of hydrogen-bond donors (Lipinski definition) is 2. The topological polar surface area (TPSA) is 80.3 Å². The summed E-state index contributed by atoms with van der Waals surface area (Å²) in [5.41, 5.74) is 0.500. The number of ether oxygens (including phenoxy) is 1. The number of carbonyl (C=O) groups excluding carboxylic acids is 2. The van der Waals surface area contributed by atoms with Crippen molar-refractivity contribution in [2.75, 3.05) is 13.2 Å². The van der Waals surface area contributed by atoms with Crippen LogP contribution in [0.3, 0.4) is 0 Å². The van der Waals surface area contributed by atoms with Crippen LogP contribution >= 0.6 is 0 Å². The highest BCUT2D eigenvalue weighted by atomic mass is 16.5. The average Bonchev–Trinajstić information content (AvgIpc) is 3.06. The van der Waals surface area contributed by atoms with E-state index in [0.717, 1.165) is 25.9 Å². The Morgan fingerprint density at radius 3 is 2.73 bits per heavy atom. The van der Waals surface area contributed by atoms with Gasteiger partial charge in [-0.1, -0.05) is 13.0 Å². The van der Waals surface area contributed by atoms with Crippen molar-refractivity contribution in [3.63, 3.8) is 0 Å². The molecule has 2 amide bonds. The van der Waals surface area contributed by atoms with E-state index in [4.69, 9.17) is 4.74 Å². The third kappa shape index (κ3) is 4.53. The Kier molecular flexibility index (Phi) is 5.89. The summed E-state index contributed by atoms with van der Waals surface area (Å²) in [6.07, 6.45) is 2.92. The van der Waals surface area contributed by atoms with Gasteiger partial charge in [-0.15, -0.1) is 0 Å². The van der Waals surface area contributed by atoms with Gasteiger partial charge in [-0.05, 0) is 38.3 Å². The number of amides is 2. The van der Waals surface area contributed by atoms with E-state index in [9.17, 15) is 9.59 Å². The minimum Gasteiger partial charge on any atom is -0.376 e. The summed E-state index contributed by atoms with van der Waals surface area (Å²) in [6.45, 7) is 5.15. The van der Waals surface area contributed by atoms with E-state index in [2.05, 4.69) is 15.6 Å². The van der Waals surface area contributed by atoms with Crippen molar-refractivity contribution < 1.29 is 14.3 Å².